The average molecular weight is 222 g/mol. The van der Waals surface area contributed by atoms with Crippen LogP contribution in [0.1, 0.15) is 5.69 Å². The number of anilines is 1. The number of aromatic nitrogens is 1. The lowest BCUT2D eigenvalue weighted by molar-refractivity contribution is 0.584. The van der Waals surface area contributed by atoms with Crippen LogP contribution in [0, 0.1) is 11.6 Å². The first-order valence-electron chi connectivity index (χ1n) is 4.95. The fourth-order valence-electron chi connectivity index (χ4n) is 1.53. The Labute approximate surface area is 92.5 Å². The zero-order valence-electron chi connectivity index (χ0n) is 8.87. The van der Waals surface area contributed by atoms with Crippen molar-refractivity contribution in [1.82, 2.24) is 4.57 Å². The summed E-state index contributed by atoms with van der Waals surface area (Å²) in [5.74, 6) is -1.15. The normalized spacial score (nSPS) is 10.4. The molecule has 1 N–H and O–H groups in total. The molecule has 0 radical (unpaired) electrons. The smallest absolute Gasteiger partial charge is 0.128 e. The van der Waals surface area contributed by atoms with Crippen molar-refractivity contribution in [3.8, 4) is 0 Å². The first-order chi connectivity index (χ1) is 7.65. The quantitative estimate of drug-likeness (QED) is 0.844. The highest BCUT2D eigenvalue weighted by Gasteiger charge is 2.01. The molecule has 0 aliphatic rings. The van der Waals surface area contributed by atoms with Crippen molar-refractivity contribution in [3.05, 3.63) is 53.9 Å². The maximum atomic E-state index is 12.9. The highest BCUT2D eigenvalue weighted by atomic mass is 19.1. The summed E-state index contributed by atoms with van der Waals surface area (Å²) in [6.07, 6.45) is 1.92. The second-order valence-electron chi connectivity index (χ2n) is 3.62. The predicted molar refractivity (Wildman–Crippen MR) is 59.1 cm³/mol. The summed E-state index contributed by atoms with van der Waals surface area (Å²) in [6, 6.07) is 7.26. The minimum absolute atomic E-state index is 0.443. The third kappa shape index (κ3) is 2.39. The van der Waals surface area contributed by atoms with Gasteiger partial charge in [-0.1, -0.05) is 0 Å². The molecule has 16 heavy (non-hydrogen) atoms. The van der Waals surface area contributed by atoms with Crippen molar-refractivity contribution >= 4 is 5.69 Å². The maximum absolute atomic E-state index is 12.9. The highest BCUT2D eigenvalue weighted by Crippen LogP contribution is 2.14. The van der Waals surface area contributed by atoms with Gasteiger partial charge in [-0.2, -0.15) is 0 Å². The molecule has 0 unspecified atom stereocenters. The molecule has 0 bridgehead atoms. The number of hydrogen-bond donors (Lipinski definition) is 1. The minimum Gasteiger partial charge on any atom is -0.379 e. The Morgan fingerprint density at radius 3 is 2.44 bits per heavy atom. The number of hydrogen-bond acceptors (Lipinski definition) is 1. The van der Waals surface area contributed by atoms with Gasteiger partial charge in [-0.3, -0.25) is 0 Å². The Hall–Kier alpha value is -1.84. The van der Waals surface area contributed by atoms with Crippen LogP contribution >= 0.6 is 0 Å². The van der Waals surface area contributed by atoms with E-state index < -0.39 is 11.6 Å². The average Bonchev–Trinajstić information content (AvgIpc) is 2.59. The molecule has 2 rings (SSSR count). The van der Waals surface area contributed by atoms with E-state index in [0.29, 0.717) is 12.2 Å². The van der Waals surface area contributed by atoms with Crippen molar-refractivity contribution < 1.29 is 8.78 Å². The summed E-state index contributed by atoms with van der Waals surface area (Å²) < 4.78 is 27.7. The lowest BCUT2D eigenvalue weighted by atomic mass is 10.3. The fraction of sp³-hybridized carbons (Fsp3) is 0.167. The number of rotatable bonds is 3. The number of benzene rings is 1. The Bertz CT molecular complexity index is 471. The summed E-state index contributed by atoms with van der Waals surface area (Å²) in [6.45, 7) is 0.534. The number of nitrogens with one attached hydrogen (secondary N) is 1. The first kappa shape index (κ1) is 10.7. The predicted octanol–water partition coefficient (Wildman–Crippen LogP) is 2.92. The molecule has 0 amide bonds. The van der Waals surface area contributed by atoms with Gasteiger partial charge in [0.25, 0.3) is 0 Å². The molecule has 84 valence electrons. The molecule has 0 atom stereocenters. The zero-order chi connectivity index (χ0) is 11.5. The SMILES string of the molecule is Cn1cccc1CNc1cc(F)cc(F)c1. The molecule has 4 heteroatoms. The largest absolute Gasteiger partial charge is 0.379 e. The molecule has 1 heterocycles. The fourth-order valence-corrected chi connectivity index (χ4v) is 1.53. The Kier molecular flexibility index (Phi) is 2.90. The summed E-state index contributed by atoms with van der Waals surface area (Å²) in [5.41, 5.74) is 1.49. The van der Waals surface area contributed by atoms with E-state index in [-0.39, 0.29) is 0 Å². The van der Waals surface area contributed by atoms with Gasteiger partial charge in [0.1, 0.15) is 11.6 Å². The van der Waals surface area contributed by atoms with Crippen molar-refractivity contribution in [2.24, 2.45) is 7.05 Å². The summed E-state index contributed by atoms with van der Waals surface area (Å²) in [7, 11) is 1.92. The van der Waals surface area contributed by atoms with Crippen LogP contribution in [-0.2, 0) is 13.6 Å². The number of nitrogens with zero attached hydrogens (tertiary/aromatic N) is 1. The van der Waals surface area contributed by atoms with E-state index in [1.807, 2.05) is 29.9 Å². The van der Waals surface area contributed by atoms with E-state index in [4.69, 9.17) is 0 Å². The molecule has 0 fully saturated rings. The van der Waals surface area contributed by atoms with Crippen molar-refractivity contribution in [2.75, 3.05) is 5.32 Å². The minimum atomic E-state index is -0.575. The van der Waals surface area contributed by atoms with Gasteiger partial charge in [0.2, 0.25) is 0 Å². The monoisotopic (exact) mass is 222 g/mol. The molecule has 1 aromatic carbocycles. The molecule has 0 saturated carbocycles. The summed E-state index contributed by atoms with van der Waals surface area (Å²) >= 11 is 0. The topological polar surface area (TPSA) is 17.0 Å². The van der Waals surface area contributed by atoms with Gasteiger partial charge >= 0.3 is 0 Å². The molecule has 1 aromatic heterocycles. The number of halogens is 2. The third-order valence-corrected chi connectivity index (χ3v) is 2.39. The van der Waals surface area contributed by atoms with Gasteiger partial charge in [0.05, 0.1) is 6.54 Å². The molecule has 0 aliphatic heterocycles. The molecule has 0 spiro atoms. The lowest BCUT2D eigenvalue weighted by Crippen LogP contribution is -2.04. The van der Waals surface area contributed by atoms with Crippen LogP contribution in [0.4, 0.5) is 14.5 Å². The van der Waals surface area contributed by atoms with Crippen molar-refractivity contribution in [2.45, 2.75) is 6.54 Å². The molecule has 0 aliphatic carbocycles. The van der Waals surface area contributed by atoms with E-state index in [9.17, 15) is 8.78 Å². The van der Waals surface area contributed by atoms with Crippen LogP contribution in [0.15, 0.2) is 36.5 Å². The van der Waals surface area contributed by atoms with Crippen LogP contribution in [0.25, 0.3) is 0 Å². The second kappa shape index (κ2) is 4.35. The van der Waals surface area contributed by atoms with E-state index in [1.54, 1.807) is 0 Å². The van der Waals surface area contributed by atoms with Crippen LogP contribution < -0.4 is 5.32 Å². The maximum Gasteiger partial charge on any atom is 0.128 e. The van der Waals surface area contributed by atoms with Gasteiger partial charge in [0, 0.05) is 30.7 Å². The van der Waals surface area contributed by atoms with E-state index >= 15 is 0 Å². The van der Waals surface area contributed by atoms with E-state index in [2.05, 4.69) is 5.32 Å². The molecule has 0 saturated heterocycles. The number of aryl methyl sites for hydroxylation is 1. The van der Waals surface area contributed by atoms with Gasteiger partial charge < -0.3 is 9.88 Å². The van der Waals surface area contributed by atoms with Crippen LogP contribution in [0.2, 0.25) is 0 Å². The van der Waals surface area contributed by atoms with E-state index in [0.717, 1.165) is 11.8 Å². The van der Waals surface area contributed by atoms with Crippen molar-refractivity contribution in [3.63, 3.8) is 0 Å². The van der Waals surface area contributed by atoms with Gasteiger partial charge in [-0.05, 0) is 24.3 Å². The lowest BCUT2D eigenvalue weighted by Gasteiger charge is -2.07. The summed E-state index contributed by atoms with van der Waals surface area (Å²) in [5, 5.41) is 2.97. The van der Waals surface area contributed by atoms with E-state index in [1.165, 1.54) is 12.1 Å². The van der Waals surface area contributed by atoms with Gasteiger partial charge in [0.15, 0.2) is 0 Å². The Morgan fingerprint density at radius 2 is 1.88 bits per heavy atom. The zero-order valence-corrected chi connectivity index (χ0v) is 8.87. The van der Waals surface area contributed by atoms with Crippen LogP contribution in [0.3, 0.4) is 0 Å². The molecular formula is C12H12F2N2. The first-order valence-corrected chi connectivity index (χ1v) is 4.95. The standard InChI is InChI=1S/C12H12F2N2/c1-16-4-2-3-12(16)8-15-11-6-9(13)5-10(14)7-11/h2-7,15H,8H2,1H3. The Balaban J connectivity index is 2.07. The molecular weight excluding hydrogens is 210 g/mol. The summed E-state index contributed by atoms with van der Waals surface area (Å²) in [4.78, 5) is 0. The van der Waals surface area contributed by atoms with Crippen LogP contribution in [-0.4, -0.2) is 4.57 Å². The highest BCUT2D eigenvalue weighted by molar-refractivity contribution is 5.43. The third-order valence-electron chi connectivity index (χ3n) is 2.39. The molecule has 2 nitrogen and oxygen atoms in total. The van der Waals surface area contributed by atoms with Crippen molar-refractivity contribution in [1.29, 1.82) is 0 Å². The van der Waals surface area contributed by atoms with Crippen LogP contribution in [0.5, 0.6) is 0 Å². The van der Waals surface area contributed by atoms with Gasteiger partial charge in [-0.25, -0.2) is 8.78 Å². The second-order valence-corrected chi connectivity index (χ2v) is 3.62. The molecule has 2 aromatic rings. The Morgan fingerprint density at radius 1 is 1.19 bits per heavy atom. The van der Waals surface area contributed by atoms with Gasteiger partial charge in [-0.15, -0.1) is 0 Å².